The van der Waals surface area contributed by atoms with Crippen LogP contribution in [0.1, 0.15) is 69.1 Å². The van der Waals surface area contributed by atoms with Gasteiger partial charge in [-0.1, -0.05) is 55.3 Å². The highest BCUT2D eigenvalue weighted by molar-refractivity contribution is 5.79. The molecule has 0 radical (unpaired) electrons. The van der Waals surface area contributed by atoms with Crippen LogP contribution in [-0.4, -0.2) is 30.1 Å². The van der Waals surface area contributed by atoms with Crippen LogP contribution in [0, 0.1) is 6.92 Å². The third kappa shape index (κ3) is 5.25. The molecule has 1 N–H and O–H groups in total. The predicted molar refractivity (Wildman–Crippen MR) is 135 cm³/mol. The minimum absolute atomic E-state index is 0.0352. The van der Waals surface area contributed by atoms with Crippen LogP contribution in [0.25, 0.3) is 10.9 Å². The first-order valence-electron chi connectivity index (χ1n) is 12.0. The molecule has 1 unspecified atom stereocenters. The van der Waals surface area contributed by atoms with Crippen molar-refractivity contribution in [1.29, 1.82) is 0 Å². The van der Waals surface area contributed by atoms with E-state index in [9.17, 15) is 4.79 Å². The SMILES string of the molecule is CCCC(c1nnnn1C(C)(C)C)N(Cc1ccccc1)Cc1cc2cc(C)ccc2[nH]c1=O. The molecular weight excluding hydrogens is 424 g/mol. The highest BCUT2D eigenvalue weighted by atomic mass is 16.1. The molecule has 0 saturated carbocycles. The number of H-pyrrole nitrogens is 1. The van der Waals surface area contributed by atoms with Crippen molar-refractivity contribution < 1.29 is 0 Å². The third-order valence-electron chi connectivity index (χ3n) is 6.11. The van der Waals surface area contributed by atoms with Gasteiger partial charge in [0.15, 0.2) is 5.82 Å². The van der Waals surface area contributed by atoms with Gasteiger partial charge >= 0.3 is 0 Å². The van der Waals surface area contributed by atoms with Gasteiger partial charge in [0.05, 0.1) is 11.6 Å². The molecule has 2 aromatic heterocycles. The van der Waals surface area contributed by atoms with Crippen LogP contribution in [0.5, 0.6) is 0 Å². The maximum Gasteiger partial charge on any atom is 0.252 e. The van der Waals surface area contributed by atoms with Crippen LogP contribution in [0.3, 0.4) is 0 Å². The summed E-state index contributed by atoms with van der Waals surface area (Å²) in [6, 6.07) is 18.4. The fraction of sp³-hybridized carbons (Fsp3) is 0.407. The van der Waals surface area contributed by atoms with Crippen LogP contribution in [-0.2, 0) is 18.6 Å². The monoisotopic (exact) mass is 458 g/mol. The normalized spacial score (nSPS) is 13.0. The lowest BCUT2D eigenvalue weighted by atomic mass is 10.0. The summed E-state index contributed by atoms with van der Waals surface area (Å²) in [6.07, 6.45) is 1.86. The summed E-state index contributed by atoms with van der Waals surface area (Å²) in [5.74, 6) is 0.832. The zero-order valence-electron chi connectivity index (χ0n) is 20.7. The summed E-state index contributed by atoms with van der Waals surface area (Å²) >= 11 is 0. The smallest absolute Gasteiger partial charge is 0.252 e. The molecule has 4 aromatic rings. The summed E-state index contributed by atoms with van der Waals surface area (Å²) < 4.78 is 1.92. The highest BCUT2D eigenvalue weighted by Gasteiger charge is 2.30. The van der Waals surface area contributed by atoms with Gasteiger partial charge in [-0.05, 0) is 73.7 Å². The van der Waals surface area contributed by atoms with E-state index in [-0.39, 0.29) is 17.1 Å². The van der Waals surface area contributed by atoms with E-state index >= 15 is 0 Å². The first-order chi connectivity index (χ1) is 16.3. The summed E-state index contributed by atoms with van der Waals surface area (Å²) in [5.41, 5.74) is 3.65. The second-order valence-electron chi connectivity index (χ2n) is 10.0. The van der Waals surface area contributed by atoms with Gasteiger partial charge in [0.1, 0.15) is 0 Å². The Labute approximate surface area is 200 Å². The maximum atomic E-state index is 13.1. The fourth-order valence-corrected chi connectivity index (χ4v) is 4.43. The molecule has 0 bridgehead atoms. The van der Waals surface area contributed by atoms with Crippen molar-refractivity contribution in [3.05, 3.63) is 87.5 Å². The molecule has 0 aliphatic rings. The molecule has 2 aromatic carbocycles. The Morgan fingerprint density at radius 1 is 1.06 bits per heavy atom. The van der Waals surface area contributed by atoms with Gasteiger partial charge < -0.3 is 4.98 Å². The first kappa shape index (κ1) is 23.8. The molecule has 0 amide bonds. The van der Waals surface area contributed by atoms with Crippen molar-refractivity contribution in [2.24, 2.45) is 0 Å². The topological polar surface area (TPSA) is 79.7 Å². The molecule has 1 atom stereocenters. The number of nitrogens with zero attached hydrogens (tertiary/aromatic N) is 5. The molecule has 0 saturated heterocycles. The fourth-order valence-electron chi connectivity index (χ4n) is 4.43. The largest absolute Gasteiger partial charge is 0.322 e. The lowest BCUT2D eigenvalue weighted by Crippen LogP contribution is -2.35. The standard InChI is InChI=1S/C27H34N6O/c1-6-10-24(25-29-30-31-33(25)27(3,4)5)32(17-20-11-8-7-9-12-20)18-22-16-21-15-19(2)13-14-23(21)28-26(22)34/h7-9,11-16,24H,6,10,17-18H2,1-5H3,(H,28,34). The van der Waals surface area contributed by atoms with E-state index in [0.29, 0.717) is 13.1 Å². The Balaban J connectivity index is 1.79. The highest BCUT2D eigenvalue weighted by Crippen LogP contribution is 2.30. The Bertz CT molecular complexity index is 1300. The van der Waals surface area contributed by atoms with Gasteiger partial charge in [0, 0.05) is 24.2 Å². The number of aromatic amines is 1. The lowest BCUT2D eigenvalue weighted by Gasteiger charge is -2.33. The number of rotatable bonds is 8. The lowest BCUT2D eigenvalue weighted by molar-refractivity contribution is 0.148. The van der Waals surface area contributed by atoms with E-state index in [0.717, 1.165) is 35.1 Å². The molecule has 2 heterocycles. The van der Waals surface area contributed by atoms with Crippen LogP contribution < -0.4 is 5.56 Å². The minimum Gasteiger partial charge on any atom is -0.322 e. The molecule has 0 aliphatic carbocycles. The van der Waals surface area contributed by atoms with Gasteiger partial charge in [-0.25, -0.2) is 4.68 Å². The number of nitrogens with one attached hydrogen (secondary N) is 1. The number of benzene rings is 2. The number of aryl methyl sites for hydroxylation is 1. The molecule has 7 nitrogen and oxygen atoms in total. The van der Waals surface area contributed by atoms with Crippen molar-refractivity contribution in [3.8, 4) is 0 Å². The second-order valence-corrected chi connectivity index (χ2v) is 10.0. The minimum atomic E-state index is -0.249. The van der Waals surface area contributed by atoms with Gasteiger partial charge in [-0.2, -0.15) is 0 Å². The van der Waals surface area contributed by atoms with Crippen LogP contribution in [0.4, 0.5) is 0 Å². The van der Waals surface area contributed by atoms with Crippen molar-refractivity contribution in [3.63, 3.8) is 0 Å². The predicted octanol–water partition coefficient (Wildman–Crippen LogP) is 5.12. The van der Waals surface area contributed by atoms with Crippen LogP contribution >= 0.6 is 0 Å². The number of hydrogen-bond donors (Lipinski definition) is 1. The maximum absolute atomic E-state index is 13.1. The molecular formula is C27H34N6O. The molecule has 34 heavy (non-hydrogen) atoms. The van der Waals surface area contributed by atoms with Crippen molar-refractivity contribution in [2.45, 2.75) is 72.1 Å². The summed E-state index contributed by atoms with van der Waals surface area (Å²) in [4.78, 5) is 18.5. The summed E-state index contributed by atoms with van der Waals surface area (Å²) in [7, 11) is 0. The van der Waals surface area contributed by atoms with Crippen molar-refractivity contribution in [2.75, 3.05) is 0 Å². The molecule has 0 fully saturated rings. The Morgan fingerprint density at radius 2 is 1.82 bits per heavy atom. The van der Waals surface area contributed by atoms with Gasteiger partial charge in [0.25, 0.3) is 5.56 Å². The number of hydrogen-bond acceptors (Lipinski definition) is 5. The average molecular weight is 459 g/mol. The van der Waals surface area contributed by atoms with E-state index in [4.69, 9.17) is 0 Å². The Kier molecular flexibility index (Phi) is 6.93. The van der Waals surface area contributed by atoms with E-state index < -0.39 is 0 Å². The number of aromatic nitrogens is 5. The molecule has 0 spiro atoms. The van der Waals surface area contributed by atoms with Gasteiger partial charge in [-0.3, -0.25) is 9.69 Å². The molecule has 7 heteroatoms. The van der Waals surface area contributed by atoms with E-state index in [1.165, 1.54) is 11.1 Å². The summed E-state index contributed by atoms with van der Waals surface area (Å²) in [5, 5.41) is 13.8. The van der Waals surface area contributed by atoms with Crippen molar-refractivity contribution in [1.82, 2.24) is 30.1 Å². The third-order valence-corrected chi connectivity index (χ3v) is 6.11. The van der Waals surface area contributed by atoms with Gasteiger partial charge in [0.2, 0.25) is 0 Å². The van der Waals surface area contributed by atoms with Gasteiger partial charge in [-0.15, -0.1) is 5.10 Å². The number of fused-ring (bicyclic) bond motifs is 1. The Morgan fingerprint density at radius 3 is 2.53 bits per heavy atom. The molecule has 4 rings (SSSR count). The zero-order valence-corrected chi connectivity index (χ0v) is 20.7. The van der Waals surface area contributed by atoms with E-state index in [2.05, 4.69) is 78.2 Å². The molecule has 178 valence electrons. The second kappa shape index (κ2) is 9.89. The number of pyridine rings is 1. The zero-order chi connectivity index (χ0) is 24.3. The first-order valence-corrected chi connectivity index (χ1v) is 12.0. The average Bonchev–Trinajstić information content (AvgIpc) is 3.29. The number of tetrazole rings is 1. The van der Waals surface area contributed by atoms with E-state index in [1.54, 1.807) is 0 Å². The molecule has 0 aliphatic heterocycles. The Hall–Kier alpha value is -3.32. The summed E-state index contributed by atoms with van der Waals surface area (Å²) in [6.45, 7) is 11.7. The van der Waals surface area contributed by atoms with Crippen LogP contribution in [0.2, 0.25) is 0 Å². The van der Waals surface area contributed by atoms with Crippen LogP contribution in [0.15, 0.2) is 59.4 Å². The van der Waals surface area contributed by atoms with Crippen molar-refractivity contribution >= 4 is 10.9 Å². The quantitative estimate of drug-likeness (QED) is 0.396. The van der Waals surface area contributed by atoms with E-state index in [1.807, 2.05) is 41.1 Å².